The van der Waals surface area contributed by atoms with Crippen molar-refractivity contribution in [2.24, 2.45) is 0 Å². The number of hydrogen-bond donors (Lipinski definition) is 3. The Bertz CT molecular complexity index is 600. The lowest BCUT2D eigenvalue weighted by atomic mass is 10.0. The lowest BCUT2D eigenvalue weighted by molar-refractivity contribution is -0.116. The fourth-order valence-electron chi connectivity index (χ4n) is 1.98. The van der Waals surface area contributed by atoms with Crippen molar-refractivity contribution < 1.29 is 9.59 Å². The van der Waals surface area contributed by atoms with E-state index in [1.165, 1.54) is 0 Å². The van der Waals surface area contributed by atoms with Crippen LogP contribution in [0.15, 0.2) is 29.3 Å². The van der Waals surface area contributed by atoms with Gasteiger partial charge in [-0.15, -0.1) is 0 Å². The summed E-state index contributed by atoms with van der Waals surface area (Å²) in [6, 6.07) is 5.51. The molecule has 0 aromatic heterocycles. The van der Waals surface area contributed by atoms with Gasteiger partial charge >= 0.3 is 0 Å². The van der Waals surface area contributed by atoms with Gasteiger partial charge in [0.05, 0.1) is 0 Å². The Hall–Kier alpha value is -2.14. The summed E-state index contributed by atoms with van der Waals surface area (Å²) >= 11 is 0. The van der Waals surface area contributed by atoms with E-state index in [-0.39, 0.29) is 11.8 Å². The van der Waals surface area contributed by atoms with Gasteiger partial charge in [-0.05, 0) is 37.1 Å². The van der Waals surface area contributed by atoms with E-state index in [4.69, 9.17) is 0 Å². The van der Waals surface area contributed by atoms with Crippen LogP contribution >= 0.6 is 0 Å². The summed E-state index contributed by atoms with van der Waals surface area (Å²) in [5.74, 6) is -0.136. The summed E-state index contributed by atoms with van der Waals surface area (Å²) in [6.07, 6.45) is 0.424. The van der Waals surface area contributed by atoms with Crippen LogP contribution in [0.3, 0.4) is 0 Å². The minimum Gasteiger partial charge on any atom is -0.326 e. The molecule has 0 radical (unpaired) electrons. The van der Waals surface area contributed by atoms with Gasteiger partial charge < -0.3 is 16.0 Å². The van der Waals surface area contributed by atoms with Crippen molar-refractivity contribution in [2.45, 2.75) is 27.2 Å². The van der Waals surface area contributed by atoms with E-state index < -0.39 is 0 Å². The predicted octanol–water partition coefficient (Wildman–Crippen LogP) is 2.20. The normalized spacial score (nSPS) is 13.4. The maximum Gasteiger partial charge on any atom is 0.251 e. The Morgan fingerprint density at radius 2 is 1.95 bits per heavy atom. The molecule has 2 rings (SSSR count). The van der Waals surface area contributed by atoms with Crippen molar-refractivity contribution in [3.8, 4) is 0 Å². The number of anilines is 2. The Morgan fingerprint density at radius 3 is 2.52 bits per heavy atom. The van der Waals surface area contributed by atoms with E-state index >= 15 is 0 Å². The van der Waals surface area contributed by atoms with Crippen LogP contribution in [0.1, 0.15) is 25.8 Å². The number of carbonyl (C=O) groups is 2. The van der Waals surface area contributed by atoms with Gasteiger partial charge in [-0.1, -0.05) is 13.0 Å². The van der Waals surface area contributed by atoms with Gasteiger partial charge in [0.2, 0.25) is 5.91 Å². The first kappa shape index (κ1) is 15.3. The third-order valence-corrected chi connectivity index (χ3v) is 3.64. The molecule has 0 spiro atoms. The summed E-state index contributed by atoms with van der Waals surface area (Å²) in [5, 5.41) is 8.83. The number of amides is 2. The number of hydrogen-bond acceptors (Lipinski definition) is 3. The Labute approximate surface area is 124 Å². The summed E-state index contributed by atoms with van der Waals surface area (Å²) in [4.78, 5) is 23.6. The minimum atomic E-state index is -0.0893. The molecule has 1 heterocycles. The van der Waals surface area contributed by atoms with Gasteiger partial charge in [-0.3, -0.25) is 9.59 Å². The third-order valence-electron chi connectivity index (χ3n) is 3.64. The predicted molar refractivity (Wildman–Crippen MR) is 84.3 cm³/mol. The first-order valence-electron chi connectivity index (χ1n) is 7.12. The van der Waals surface area contributed by atoms with Crippen LogP contribution in [0.2, 0.25) is 0 Å². The molecule has 21 heavy (non-hydrogen) atoms. The summed E-state index contributed by atoms with van der Waals surface area (Å²) < 4.78 is 0. The first-order valence-corrected chi connectivity index (χ1v) is 7.12. The van der Waals surface area contributed by atoms with E-state index in [0.29, 0.717) is 12.1 Å². The molecule has 5 heteroatoms. The zero-order chi connectivity index (χ0) is 15.4. The molecule has 1 aliphatic rings. The molecule has 3 N–H and O–H groups in total. The monoisotopic (exact) mass is 287 g/mol. The molecular formula is C16H21N3O2. The lowest BCUT2D eigenvalue weighted by Crippen LogP contribution is -2.36. The molecule has 1 saturated heterocycles. The van der Waals surface area contributed by atoms with E-state index in [1.807, 2.05) is 26.0 Å². The van der Waals surface area contributed by atoms with Crippen LogP contribution in [0.4, 0.5) is 11.4 Å². The molecule has 0 unspecified atom stereocenters. The molecule has 0 aliphatic carbocycles. The van der Waals surface area contributed by atoms with Crippen LogP contribution in [-0.4, -0.2) is 24.9 Å². The second-order valence-electron chi connectivity index (χ2n) is 5.22. The van der Waals surface area contributed by atoms with Crippen molar-refractivity contribution >= 4 is 23.2 Å². The molecule has 2 amide bonds. The molecule has 0 bridgehead atoms. The highest BCUT2D eigenvalue weighted by atomic mass is 16.2. The third kappa shape index (κ3) is 3.70. The highest BCUT2D eigenvalue weighted by Crippen LogP contribution is 2.22. The molecule has 0 saturated carbocycles. The van der Waals surface area contributed by atoms with Crippen molar-refractivity contribution in [1.82, 2.24) is 5.32 Å². The van der Waals surface area contributed by atoms with Gasteiger partial charge in [0.1, 0.15) is 0 Å². The Morgan fingerprint density at radius 1 is 1.24 bits per heavy atom. The van der Waals surface area contributed by atoms with E-state index in [2.05, 4.69) is 16.0 Å². The fourth-order valence-corrected chi connectivity index (χ4v) is 1.98. The Kier molecular flexibility index (Phi) is 4.75. The van der Waals surface area contributed by atoms with Gasteiger partial charge in [-0.25, -0.2) is 0 Å². The maximum absolute atomic E-state index is 12.2. The van der Waals surface area contributed by atoms with Gasteiger partial charge in [0, 0.05) is 36.5 Å². The summed E-state index contributed by atoms with van der Waals surface area (Å²) in [6.45, 7) is 7.13. The maximum atomic E-state index is 12.2. The largest absolute Gasteiger partial charge is 0.326 e. The number of carbonyl (C=O) groups excluding carboxylic acids is 2. The second kappa shape index (κ2) is 6.54. The van der Waals surface area contributed by atoms with Crippen molar-refractivity contribution in [3.05, 3.63) is 34.9 Å². The standard InChI is InChI=1S/C16H21N3O2/c1-4-15(20)18-13-6-5-10(2)14(7-13)19-16(21)11(3)12-8-17-9-12/h5-7,17H,4,8-9H2,1-3H3,(H,18,20)(H,19,21). The average molecular weight is 287 g/mol. The molecule has 1 fully saturated rings. The van der Waals surface area contributed by atoms with Crippen molar-refractivity contribution in [1.29, 1.82) is 0 Å². The summed E-state index contributed by atoms with van der Waals surface area (Å²) in [5.41, 5.74) is 4.28. The molecule has 1 aromatic rings. The van der Waals surface area contributed by atoms with Crippen LogP contribution in [0, 0.1) is 6.92 Å². The number of nitrogens with one attached hydrogen (secondary N) is 3. The molecular weight excluding hydrogens is 266 g/mol. The zero-order valence-electron chi connectivity index (χ0n) is 12.7. The highest BCUT2D eigenvalue weighted by molar-refractivity contribution is 6.05. The van der Waals surface area contributed by atoms with E-state index in [9.17, 15) is 9.59 Å². The molecule has 1 aliphatic heterocycles. The number of aryl methyl sites for hydroxylation is 1. The molecule has 1 aromatic carbocycles. The van der Waals surface area contributed by atoms with Gasteiger partial charge in [0.25, 0.3) is 5.91 Å². The van der Waals surface area contributed by atoms with Crippen LogP contribution in [-0.2, 0) is 9.59 Å². The SMILES string of the molecule is CCC(=O)Nc1ccc(C)c(NC(=O)C(C)=C2CNC2)c1. The van der Waals surface area contributed by atoms with Gasteiger partial charge in [-0.2, -0.15) is 0 Å². The Balaban J connectivity index is 2.13. The summed E-state index contributed by atoms with van der Waals surface area (Å²) in [7, 11) is 0. The van der Waals surface area contributed by atoms with Crippen molar-refractivity contribution in [2.75, 3.05) is 23.7 Å². The van der Waals surface area contributed by atoms with Crippen molar-refractivity contribution in [3.63, 3.8) is 0 Å². The highest BCUT2D eigenvalue weighted by Gasteiger charge is 2.16. The molecule has 112 valence electrons. The number of rotatable bonds is 4. The number of benzene rings is 1. The lowest BCUT2D eigenvalue weighted by Gasteiger charge is -2.21. The van der Waals surface area contributed by atoms with E-state index in [0.717, 1.165) is 35.5 Å². The minimum absolute atomic E-state index is 0.0463. The first-order chi connectivity index (χ1) is 10.0. The average Bonchev–Trinajstić information content (AvgIpc) is 2.40. The van der Waals surface area contributed by atoms with Crippen LogP contribution in [0.5, 0.6) is 0 Å². The smallest absolute Gasteiger partial charge is 0.251 e. The zero-order valence-corrected chi connectivity index (χ0v) is 12.7. The van der Waals surface area contributed by atoms with Crippen LogP contribution < -0.4 is 16.0 Å². The molecule has 0 atom stereocenters. The molecule has 5 nitrogen and oxygen atoms in total. The van der Waals surface area contributed by atoms with Crippen LogP contribution in [0.25, 0.3) is 0 Å². The van der Waals surface area contributed by atoms with E-state index in [1.54, 1.807) is 13.0 Å². The quantitative estimate of drug-likeness (QED) is 0.744. The second-order valence-corrected chi connectivity index (χ2v) is 5.22. The topological polar surface area (TPSA) is 70.2 Å². The van der Waals surface area contributed by atoms with Gasteiger partial charge in [0.15, 0.2) is 0 Å². The fraction of sp³-hybridized carbons (Fsp3) is 0.375.